The monoisotopic (exact) mass is 396 g/mol. The summed E-state index contributed by atoms with van der Waals surface area (Å²) in [5, 5.41) is 3.22. The van der Waals surface area contributed by atoms with Crippen molar-refractivity contribution in [1.29, 1.82) is 0 Å². The molecule has 1 aliphatic rings. The summed E-state index contributed by atoms with van der Waals surface area (Å²) in [6, 6.07) is 5.41. The van der Waals surface area contributed by atoms with E-state index < -0.39 is 10.0 Å². The van der Waals surface area contributed by atoms with Crippen molar-refractivity contribution >= 4 is 41.9 Å². The molecule has 0 aromatic heterocycles. The molecule has 7 heteroatoms. The molecule has 0 aliphatic carbocycles. The van der Waals surface area contributed by atoms with Gasteiger partial charge in [-0.25, -0.2) is 13.1 Å². The van der Waals surface area contributed by atoms with Crippen LogP contribution in [0.4, 0.5) is 0 Å². The highest BCUT2D eigenvalue weighted by atomic mass is 79.9. The van der Waals surface area contributed by atoms with Gasteiger partial charge in [0.1, 0.15) is 0 Å². The number of hydrogen-bond acceptors (Lipinski definition) is 3. The van der Waals surface area contributed by atoms with Gasteiger partial charge in [0.2, 0.25) is 10.0 Å². The lowest BCUT2D eigenvalue weighted by molar-refractivity contribution is 0.556. The van der Waals surface area contributed by atoms with E-state index in [2.05, 4.69) is 41.9 Å². The predicted molar refractivity (Wildman–Crippen MR) is 78.0 cm³/mol. The molecular formula is C11H14Br2N2O2S. The van der Waals surface area contributed by atoms with Crippen LogP contribution >= 0.6 is 31.9 Å². The number of hydrogen-bond donors (Lipinski definition) is 2. The topological polar surface area (TPSA) is 58.2 Å². The molecule has 1 fully saturated rings. The summed E-state index contributed by atoms with van der Waals surface area (Å²) >= 11 is 6.56. The molecule has 18 heavy (non-hydrogen) atoms. The molecule has 2 atom stereocenters. The van der Waals surface area contributed by atoms with E-state index in [0.717, 1.165) is 10.9 Å². The van der Waals surface area contributed by atoms with Gasteiger partial charge >= 0.3 is 0 Å². The second kappa shape index (κ2) is 5.58. The Morgan fingerprint density at radius 1 is 1.39 bits per heavy atom. The van der Waals surface area contributed by atoms with Gasteiger partial charge in [0.15, 0.2) is 0 Å². The molecule has 1 saturated heterocycles. The number of sulfonamides is 1. The van der Waals surface area contributed by atoms with Crippen LogP contribution in [0.25, 0.3) is 0 Å². The van der Waals surface area contributed by atoms with E-state index in [0.29, 0.717) is 17.1 Å². The maximum atomic E-state index is 12.3. The minimum Gasteiger partial charge on any atom is -0.313 e. The number of benzene rings is 1. The van der Waals surface area contributed by atoms with Gasteiger partial charge in [-0.05, 0) is 47.5 Å². The minimum atomic E-state index is -3.49. The lowest BCUT2D eigenvalue weighted by atomic mass is 10.2. The standard InChI is InChI=1S/C11H14Br2N2O2S/c1-7-4-9(6-14-7)15-18(16,17)11-5-8(12)2-3-10(11)13/h2-3,5,7,9,14-15H,4,6H2,1H3/t7-,9+/m0/s1. The van der Waals surface area contributed by atoms with Crippen LogP contribution in [-0.2, 0) is 10.0 Å². The molecule has 100 valence electrons. The molecule has 1 aromatic carbocycles. The smallest absolute Gasteiger partial charge is 0.242 e. The van der Waals surface area contributed by atoms with Crippen LogP contribution in [0.5, 0.6) is 0 Å². The summed E-state index contributed by atoms with van der Waals surface area (Å²) in [7, 11) is -3.49. The molecule has 0 spiro atoms. The van der Waals surface area contributed by atoms with Crippen LogP contribution in [0.15, 0.2) is 32.0 Å². The Kier molecular flexibility index (Phi) is 4.48. The molecule has 0 saturated carbocycles. The maximum Gasteiger partial charge on any atom is 0.242 e. The Labute approximate surface area is 124 Å². The van der Waals surface area contributed by atoms with Crippen LogP contribution in [-0.4, -0.2) is 27.0 Å². The van der Waals surface area contributed by atoms with Gasteiger partial charge in [-0.15, -0.1) is 0 Å². The molecule has 0 unspecified atom stereocenters. The summed E-state index contributed by atoms with van der Waals surface area (Å²) in [5.74, 6) is 0. The molecule has 2 N–H and O–H groups in total. The highest BCUT2D eigenvalue weighted by Crippen LogP contribution is 2.26. The zero-order valence-corrected chi connectivity index (χ0v) is 13.8. The van der Waals surface area contributed by atoms with E-state index in [1.54, 1.807) is 18.2 Å². The fourth-order valence-electron chi connectivity index (χ4n) is 1.99. The van der Waals surface area contributed by atoms with Gasteiger partial charge in [-0.1, -0.05) is 15.9 Å². The predicted octanol–water partition coefficient (Wildman–Crippen LogP) is 2.24. The van der Waals surface area contributed by atoms with Crippen LogP contribution < -0.4 is 10.0 Å². The molecule has 1 heterocycles. The number of rotatable bonds is 3. The average molecular weight is 398 g/mol. The van der Waals surface area contributed by atoms with Gasteiger partial charge in [0, 0.05) is 27.6 Å². The lowest BCUT2D eigenvalue weighted by Gasteiger charge is -2.13. The van der Waals surface area contributed by atoms with Crippen molar-refractivity contribution in [2.45, 2.75) is 30.3 Å². The van der Waals surface area contributed by atoms with Crippen molar-refractivity contribution < 1.29 is 8.42 Å². The van der Waals surface area contributed by atoms with Crippen molar-refractivity contribution in [3.05, 3.63) is 27.1 Å². The fourth-order valence-corrected chi connectivity index (χ4v) is 4.74. The highest BCUT2D eigenvalue weighted by Gasteiger charge is 2.27. The Morgan fingerprint density at radius 3 is 2.72 bits per heavy atom. The SMILES string of the molecule is C[C@H]1C[C@@H](NS(=O)(=O)c2cc(Br)ccc2Br)CN1. The summed E-state index contributed by atoms with van der Waals surface area (Å²) in [4.78, 5) is 0.261. The summed E-state index contributed by atoms with van der Waals surface area (Å²) < 4.78 is 28.6. The molecule has 1 aromatic rings. The first-order valence-corrected chi connectivity index (χ1v) is 8.66. The Hall–Kier alpha value is 0.0500. The second-order valence-corrected chi connectivity index (χ2v) is 7.89. The fraction of sp³-hybridized carbons (Fsp3) is 0.455. The summed E-state index contributed by atoms with van der Waals surface area (Å²) in [6.07, 6.45) is 0.810. The average Bonchev–Trinajstić information content (AvgIpc) is 2.66. The molecular weight excluding hydrogens is 384 g/mol. The van der Waals surface area contributed by atoms with Crippen molar-refractivity contribution in [2.24, 2.45) is 0 Å². The zero-order chi connectivity index (χ0) is 13.3. The van der Waals surface area contributed by atoms with Crippen molar-refractivity contribution in [1.82, 2.24) is 10.0 Å². The van der Waals surface area contributed by atoms with E-state index in [4.69, 9.17) is 0 Å². The quantitative estimate of drug-likeness (QED) is 0.822. The molecule has 2 rings (SSSR count). The van der Waals surface area contributed by atoms with Crippen molar-refractivity contribution in [2.75, 3.05) is 6.54 Å². The molecule has 1 aliphatic heterocycles. The van der Waals surface area contributed by atoms with Crippen LogP contribution in [0.1, 0.15) is 13.3 Å². The molecule has 0 bridgehead atoms. The van der Waals surface area contributed by atoms with Crippen molar-refractivity contribution in [3.8, 4) is 0 Å². The lowest BCUT2D eigenvalue weighted by Crippen LogP contribution is -2.36. The zero-order valence-electron chi connectivity index (χ0n) is 9.78. The summed E-state index contributed by atoms with van der Waals surface area (Å²) in [5.41, 5.74) is 0. The third kappa shape index (κ3) is 3.33. The molecule has 4 nitrogen and oxygen atoms in total. The Bertz CT molecular complexity index is 548. The van der Waals surface area contributed by atoms with Crippen molar-refractivity contribution in [3.63, 3.8) is 0 Å². The molecule has 0 amide bonds. The molecule has 0 radical (unpaired) electrons. The van der Waals surface area contributed by atoms with Gasteiger partial charge in [-0.2, -0.15) is 0 Å². The van der Waals surface area contributed by atoms with Gasteiger partial charge in [-0.3, -0.25) is 0 Å². The normalized spacial score (nSPS) is 24.4. The first-order chi connectivity index (χ1) is 8.38. The Morgan fingerprint density at radius 2 is 2.11 bits per heavy atom. The number of halogens is 2. The third-order valence-corrected chi connectivity index (χ3v) is 5.86. The first kappa shape index (κ1) is 14.5. The first-order valence-electron chi connectivity index (χ1n) is 5.59. The maximum absolute atomic E-state index is 12.3. The van der Waals surface area contributed by atoms with E-state index in [1.165, 1.54) is 0 Å². The van der Waals surface area contributed by atoms with E-state index in [1.807, 2.05) is 6.92 Å². The Balaban J connectivity index is 2.23. The van der Waals surface area contributed by atoms with Crippen LogP contribution in [0.2, 0.25) is 0 Å². The van der Waals surface area contributed by atoms with Gasteiger partial charge < -0.3 is 5.32 Å². The number of nitrogens with one attached hydrogen (secondary N) is 2. The largest absolute Gasteiger partial charge is 0.313 e. The third-order valence-electron chi connectivity index (χ3n) is 2.86. The van der Waals surface area contributed by atoms with Gasteiger partial charge in [0.05, 0.1) is 4.90 Å². The van der Waals surface area contributed by atoms with E-state index in [-0.39, 0.29) is 10.9 Å². The van der Waals surface area contributed by atoms with Crippen LogP contribution in [0.3, 0.4) is 0 Å². The summed E-state index contributed by atoms with van der Waals surface area (Å²) in [6.45, 7) is 2.72. The second-order valence-electron chi connectivity index (χ2n) is 4.44. The van der Waals surface area contributed by atoms with E-state index in [9.17, 15) is 8.42 Å². The van der Waals surface area contributed by atoms with Crippen LogP contribution in [0, 0.1) is 0 Å². The van der Waals surface area contributed by atoms with Gasteiger partial charge in [0.25, 0.3) is 0 Å². The minimum absolute atomic E-state index is 0.0455. The van der Waals surface area contributed by atoms with E-state index >= 15 is 0 Å². The highest BCUT2D eigenvalue weighted by molar-refractivity contribution is 9.11.